The number of aryl methyl sites for hydroxylation is 1. The minimum Gasteiger partial charge on any atom is -0.446 e. The Morgan fingerprint density at radius 2 is 1.70 bits per heavy atom. The van der Waals surface area contributed by atoms with Gasteiger partial charge in [0.1, 0.15) is 11.8 Å². The summed E-state index contributed by atoms with van der Waals surface area (Å²) in [6, 6.07) is 18.6. The summed E-state index contributed by atoms with van der Waals surface area (Å²) in [5.74, 6) is -0.0940. The molecule has 4 fully saturated rings. The van der Waals surface area contributed by atoms with Crippen molar-refractivity contribution in [1.29, 1.82) is 0 Å². The number of piperidine rings is 3. The van der Waals surface area contributed by atoms with Crippen molar-refractivity contribution in [3.05, 3.63) is 100 Å². The number of ether oxygens (including phenoxy) is 1. The number of aromatic nitrogens is 5. The molecular formula is C46H52FN9O5. The molecule has 6 heterocycles. The molecule has 2 aromatic carbocycles. The number of imide groups is 1. The molecular weight excluding hydrogens is 778 g/mol. The van der Waals surface area contributed by atoms with E-state index in [9.17, 15) is 23.6 Å². The standard InChI is InChI=1S/C46H52FN9O5/c1-53-39-26-31(8-13-36(39)43(52-53)37-14-15-40(57)50-44(37)59)30-18-21-54(22-19-30)28-29-16-23-55(24-17-29)46(60)61-35-11-9-33(10-12-35)49-45-48-27-38(47)42(51-45)32-5-4-6-34(25-32)56-20-3-2-7-41(56)58/h2-8,13,20,25-27,29-30,33,35,37H,9-12,14-19,21-24,28H2,1H3,(H,48,49,51)(H,50,57,59)/t33-,35-,37?. The highest BCUT2D eigenvalue weighted by Gasteiger charge is 2.33. The number of fused-ring (bicyclic) bond motifs is 1. The zero-order chi connectivity index (χ0) is 42.0. The van der Waals surface area contributed by atoms with E-state index in [1.54, 1.807) is 42.6 Å². The number of pyridine rings is 1. The fraction of sp³-hybridized carbons (Fsp3) is 0.457. The van der Waals surface area contributed by atoms with E-state index in [-0.39, 0.29) is 41.3 Å². The van der Waals surface area contributed by atoms with Crippen molar-refractivity contribution in [1.82, 2.24) is 39.4 Å². The number of rotatable bonds is 9. The first-order valence-corrected chi connectivity index (χ1v) is 21.7. The highest BCUT2D eigenvalue weighted by molar-refractivity contribution is 6.02. The normalized spacial score (nSPS) is 22.0. The molecule has 0 bridgehead atoms. The maximum absolute atomic E-state index is 15.0. The molecule has 1 unspecified atom stereocenters. The molecule has 0 radical (unpaired) electrons. The molecule has 1 aliphatic carbocycles. The van der Waals surface area contributed by atoms with Crippen molar-refractivity contribution >= 4 is 34.8 Å². The lowest BCUT2D eigenvalue weighted by atomic mass is 9.87. The predicted molar refractivity (Wildman–Crippen MR) is 228 cm³/mol. The Balaban J connectivity index is 0.703. The van der Waals surface area contributed by atoms with Crippen LogP contribution in [-0.4, -0.2) is 96.9 Å². The Labute approximate surface area is 353 Å². The van der Waals surface area contributed by atoms with Gasteiger partial charge in [0.05, 0.1) is 23.3 Å². The van der Waals surface area contributed by atoms with Gasteiger partial charge in [0.2, 0.25) is 17.8 Å². The van der Waals surface area contributed by atoms with E-state index in [2.05, 4.69) is 43.7 Å². The maximum Gasteiger partial charge on any atom is 0.410 e. The highest BCUT2D eigenvalue weighted by atomic mass is 19.1. The molecule has 14 nitrogen and oxygen atoms in total. The van der Waals surface area contributed by atoms with E-state index in [0.717, 1.165) is 87.6 Å². The third-order valence-corrected chi connectivity index (χ3v) is 13.2. The molecule has 5 aromatic rings. The van der Waals surface area contributed by atoms with E-state index >= 15 is 0 Å². The van der Waals surface area contributed by atoms with Crippen LogP contribution >= 0.6 is 0 Å². The second-order valence-corrected chi connectivity index (χ2v) is 17.1. The summed E-state index contributed by atoms with van der Waals surface area (Å²) in [5.41, 5.74) is 4.20. The van der Waals surface area contributed by atoms with Gasteiger partial charge in [0, 0.05) is 68.0 Å². The number of likely N-dealkylation sites (tertiary alicyclic amines) is 2. The van der Waals surface area contributed by atoms with Gasteiger partial charge in [-0.2, -0.15) is 5.10 Å². The average Bonchev–Trinajstić information content (AvgIpc) is 3.60. The Bertz CT molecular complexity index is 2480. The van der Waals surface area contributed by atoms with Crippen LogP contribution in [0.4, 0.5) is 15.1 Å². The molecule has 9 rings (SSSR count). The first kappa shape index (κ1) is 40.4. The summed E-state index contributed by atoms with van der Waals surface area (Å²) in [7, 11) is 1.92. The monoisotopic (exact) mass is 829 g/mol. The van der Waals surface area contributed by atoms with Crippen molar-refractivity contribution in [2.75, 3.05) is 38.0 Å². The number of nitrogens with zero attached hydrogens (tertiary/aromatic N) is 7. The van der Waals surface area contributed by atoms with E-state index in [1.807, 2.05) is 16.6 Å². The molecule has 3 aliphatic heterocycles. The fourth-order valence-electron chi connectivity index (χ4n) is 9.69. The quantitative estimate of drug-likeness (QED) is 0.162. The Morgan fingerprint density at radius 3 is 2.48 bits per heavy atom. The van der Waals surface area contributed by atoms with E-state index in [1.165, 1.54) is 22.4 Å². The van der Waals surface area contributed by atoms with Gasteiger partial charge in [0.15, 0.2) is 5.82 Å². The van der Waals surface area contributed by atoms with Crippen LogP contribution in [0.2, 0.25) is 0 Å². The largest absolute Gasteiger partial charge is 0.446 e. The van der Waals surface area contributed by atoms with Gasteiger partial charge >= 0.3 is 6.09 Å². The van der Waals surface area contributed by atoms with Gasteiger partial charge in [-0.25, -0.2) is 19.2 Å². The molecule has 61 heavy (non-hydrogen) atoms. The smallest absolute Gasteiger partial charge is 0.410 e. The minimum atomic E-state index is -0.551. The Hall–Kier alpha value is -5.96. The number of halogens is 1. The Morgan fingerprint density at radius 1 is 0.902 bits per heavy atom. The van der Waals surface area contributed by atoms with Crippen molar-refractivity contribution in [3.63, 3.8) is 0 Å². The van der Waals surface area contributed by atoms with Gasteiger partial charge in [0.25, 0.3) is 5.56 Å². The van der Waals surface area contributed by atoms with E-state index in [0.29, 0.717) is 55.0 Å². The lowest BCUT2D eigenvalue weighted by Crippen LogP contribution is -2.44. The molecule has 3 saturated heterocycles. The van der Waals surface area contributed by atoms with Gasteiger partial charge in [-0.1, -0.05) is 30.3 Å². The SMILES string of the molecule is Cn1nc(C2CCC(=O)NC2=O)c2ccc(C3CCN(CC4CCN(C(=O)O[C@H]5CC[C@H](Nc6ncc(F)c(-c7cccc(-n8ccccc8=O)c7)n6)CC5)CC4)CC3)cc21. The molecule has 15 heteroatoms. The van der Waals surface area contributed by atoms with E-state index < -0.39 is 11.7 Å². The molecule has 318 valence electrons. The summed E-state index contributed by atoms with van der Waals surface area (Å²) in [4.78, 5) is 63.0. The average molecular weight is 830 g/mol. The summed E-state index contributed by atoms with van der Waals surface area (Å²) in [6.45, 7) is 4.53. The van der Waals surface area contributed by atoms with Crippen LogP contribution < -0.4 is 16.2 Å². The third kappa shape index (κ3) is 8.93. The molecule has 0 spiro atoms. The number of nitrogens with one attached hydrogen (secondary N) is 2. The van der Waals surface area contributed by atoms with Crippen LogP contribution in [0.25, 0.3) is 27.8 Å². The topological polar surface area (TPSA) is 157 Å². The third-order valence-electron chi connectivity index (χ3n) is 13.2. The number of benzene rings is 2. The molecule has 3 amide bonds. The first-order valence-electron chi connectivity index (χ1n) is 21.7. The lowest BCUT2D eigenvalue weighted by molar-refractivity contribution is -0.134. The van der Waals surface area contributed by atoms with Crippen LogP contribution in [0.15, 0.2) is 77.9 Å². The lowest BCUT2D eigenvalue weighted by Gasteiger charge is -2.38. The second-order valence-electron chi connectivity index (χ2n) is 17.1. The number of carbonyl (C=O) groups is 3. The predicted octanol–water partition coefficient (Wildman–Crippen LogP) is 6.29. The minimum absolute atomic E-state index is 0.0630. The van der Waals surface area contributed by atoms with Crippen molar-refractivity contribution in [3.8, 4) is 16.9 Å². The van der Waals surface area contributed by atoms with Crippen LogP contribution in [-0.2, 0) is 21.4 Å². The molecule has 2 N–H and O–H groups in total. The second kappa shape index (κ2) is 17.6. The zero-order valence-corrected chi connectivity index (χ0v) is 34.5. The summed E-state index contributed by atoms with van der Waals surface area (Å²) >= 11 is 0. The summed E-state index contributed by atoms with van der Waals surface area (Å²) < 4.78 is 24.3. The van der Waals surface area contributed by atoms with Gasteiger partial charge < -0.3 is 19.9 Å². The number of amides is 3. The van der Waals surface area contributed by atoms with Crippen LogP contribution in [0.5, 0.6) is 0 Å². The van der Waals surface area contributed by atoms with Crippen LogP contribution in [0.1, 0.15) is 87.3 Å². The molecule has 3 aromatic heterocycles. The molecule has 1 atom stereocenters. The van der Waals surface area contributed by atoms with Gasteiger partial charge in [-0.05, 0) is 113 Å². The number of hydrogen-bond donors (Lipinski definition) is 2. The molecule has 4 aliphatic rings. The van der Waals surface area contributed by atoms with E-state index in [4.69, 9.17) is 9.84 Å². The van der Waals surface area contributed by atoms with Gasteiger partial charge in [-0.15, -0.1) is 0 Å². The molecule has 1 saturated carbocycles. The van der Waals surface area contributed by atoms with Crippen molar-refractivity contribution < 1.29 is 23.5 Å². The first-order chi connectivity index (χ1) is 29.6. The van der Waals surface area contributed by atoms with Crippen LogP contribution in [0, 0.1) is 11.7 Å². The highest BCUT2D eigenvalue weighted by Crippen LogP contribution is 2.35. The summed E-state index contributed by atoms with van der Waals surface area (Å²) in [5, 5.41) is 11.5. The number of anilines is 1. The van der Waals surface area contributed by atoms with Crippen molar-refractivity contribution in [2.24, 2.45) is 13.0 Å². The maximum atomic E-state index is 15.0. The fourth-order valence-corrected chi connectivity index (χ4v) is 9.69. The van der Waals surface area contributed by atoms with Crippen LogP contribution in [0.3, 0.4) is 0 Å². The zero-order valence-electron chi connectivity index (χ0n) is 34.5. The van der Waals surface area contributed by atoms with Crippen molar-refractivity contribution in [2.45, 2.75) is 88.2 Å². The number of carbonyl (C=O) groups excluding carboxylic acids is 3. The van der Waals surface area contributed by atoms with Gasteiger partial charge in [-0.3, -0.25) is 28.9 Å². The number of hydrogen-bond acceptors (Lipinski definition) is 10. The Kier molecular flexibility index (Phi) is 11.6. The summed E-state index contributed by atoms with van der Waals surface area (Å²) in [6.07, 6.45) is 10.4.